The average Bonchev–Trinajstić information content (AvgIpc) is 2.49. The molecule has 0 unspecified atom stereocenters. The van der Waals surface area contributed by atoms with Gasteiger partial charge in [0.25, 0.3) is 0 Å². The zero-order valence-electron chi connectivity index (χ0n) is 11.9. The van der Waals surface area contributed by atoms with Gasteiger partial charge in [-0.1, -0.05) is 30.3 Å². The Hall–Kier alpha value is -0.860. The maximum atomic E-state index is 8.73. The van der Waals surface area contributed by atoms with Crippen LogP contribution < -0.4 is 5.32 Å². The van der Waals surface area contributed by atoms with Crippen LogP contribution in [0.3, 0.4) is 0 Å². The second-order valence-electron chi connectivity index (χ2n) is 5.70. The lowest BCUT2D eigenvalue weighted by atomic mass is 9.82. The van der Waals surface area contributed by atoms with Crippen molar-refractivity contribution in [1.29, 1.82) is 0 Å². The van der Waals surface area contributed by atoms with Crippen molar-refractivity contribution in [3.63, 3.8) is 0 Å². The van der Waals surface area contributed by atoms with E-state index in [9.17, 15) is 0 Å². The highest BCUT2D eigenvalue weighted by Gasteiger charge is 2.21. The zero-order chi connectivity index (χ0) is 13.3. The van der Waals surface area contributed by atoms with Crippen LogP contribution in [-0.2, 0) is 0 Å². The molecule has 0 heterocycles. The summed E-state index contributed by atoms with van der Waals surface area (Å²) in [5, 5.41) is 12.4. The predicted octanol–water partition coefficient (Wildman–Crippen LogP) is 3.47. The van der Waals surface area contributed by atoms with Gasteiger partial charge in [-0.2, -0.15) is 0 Å². The predicted molar refractivity (Wildman–Crippen MR) is 80.4 cm³/mol. The van der Waals surface area contributed by atoms with Gasteiger partial charge in [-0.3, -0.25) is 0 Å². The molecule has 0 amide bonds. The van der Waals surface area contributed by atoms with Crippen LogP contribution in [0.5, 0.6) is 0 Å². The number of rotatable bonds is 7. The normalized spacial score (nSPS) is 23.4. The third kappa shape index (κ3) is 4.96. The van der Waals surface area contributed by atoms with Crippen molar-refractivity contribution in [3.8, 4) is 0 Å². The summed E-state index contributed by atoms with van der Waals surface area (Å²) in [6.07, 6.45) is 8.53. The first-order chi connectivity index (χ1) is 9.40. The first kappa shape index (κ1) is 14.5. The number of aliphatic hydroxyl groups excluding tert-OH is 1. The molecule has 0 bridgehead atoms. The zero-order valence-corrected chi connectivity index (χ0v) is 11.9. The molecule has 1 fully saturated rings. The number of nitrogens with one attached hydrogen (secondary N) is 1. The minimum Gasteiger partial charge on any atom is -0.396 e. The molecule has 0 spiro atoms. The fourth-order valence-corrected chi connectivity index (χ4v) is 3.08. The fourth-order valence-electron chi connectivity index (χ4n) is 3.08. The highest BCUT2D eigenvalue weighted by Crippen LogP contribution is 2.32. The lowest BCUT2D eigenvalue weighted by molar-refractivity contribution is 0.281. The van der Waals surface area contributed by atoms with Gasteiger partial charge in [-0.15, -0.1) is 0 Å². The van der Waals surface area contributed by atoms with Crippen molar-refractivity contribution in [1.82, 2.24) is 5.32 Å². The maximum absolute atomic E-state index is 8.73. The molecule has 1 aromatic carbocycles. The Balaban J connectivity index is 1.63. The summed E-state index contributed by atoms with van der Waals surface area (Å²) in [4.78, 5) is 0. The molecule has 2 nitrogen and oxygen atoms in total. The molecule has 0 aliphatic heterocycles. The van der Waals surface area contributed by atoms with Crippen molar-refractivity contribution < 1.29 is 5.11 Å². The molecule has 1 aliphatic carbocycles. The maximum Gasteiger partial charge on any atom is 0.0431 e. The lowest BCUT2D eigenvalue weighted by Crippen LogP contribution is -2.33. The Morgan fingerprint density at radius 2 is 1.68 bits per heavy atom. The summed E-state index contributed by atoms with van der Waals surface area (Å²) >= 11 is 0. The second-order valence-corrected chi connectivity index (χ2v) is 5.70. The van der Waals surface area contributed by atoms with E-state index in [1.165, 1.54) is 37.7 Å². The summed E-state index contributed by atoms with van der Waals surface area (Å²) in [7, 11) is 0. The number of hydrogen-bond donors (Lipinski definition) is 2. The molecule has 0 radical (unpaired) electrons. The first-order valence-corrected chi connectivity index (χ1v) is 7.79. The van der Waals surface area contributed by atoms with Gasteiger partial charge in [0.2, 0.25) is 0 Å². The van der Waals surface area contributed by atoms with Crippen LogP contribution in [0.2, 0.25) is 0 Å². The van der Waals surface area contributed by atoms with Crippen molar-refractivity contribution in [3.05, 3.63) is 35.9 Å². The minimum absolute atomic E-state index is 0.336. The Morgan fingerprint density at radius 1 is 0.947 bits per heavy atom. The molecule has 1 saturated carbocycles. The van der Waals surface area contributed by atoms with Gasteiger partial charge in [-0.05, 0) is 63.0 Å². The fraction of sp³-hybridized carbons (Fsp3) is 0.647. The number of hydrogen-bond acceptors (Lipinski definition) is 2. The van der Waals surface area contributed by atoms with Crippen LogP contribution >= 0.6 is 0 Å². The molecule has 0 saturated heterocycles. The standard InChI is InChI=1S/C17H27NO/c19-14-6-2-5-13-18-17-11-9-16(10-12-17)15-7-3-1-4-8-15/h1,3-4,7-8,16-19H,2,5-6,9-14H2. The smallest absolute Gasteiger partial charge is 0.0431 e. The number of benzene rings is 1. The van der Waals surface area contributed by atoms with E-state index in [-0.39, 0.29) is 0 Å². The van der Waals surface area contributed by atoms with E-state index < -0.39 is 0 Å². The van der Waals surface area contributed by atoms with Crippen LogP contribution in [0, 0.1) is 0 Å². The molecule has 0 atom stereocenters. The molecule has 2 N–H and O–H groups in total. The van der Waals surface area contributed by atoms with E-state index in [0.717, 1.165) is 25.3 Å². The highest BCUT2D eigenvalue weighted by molar-refractivity contribution is 5.20. The van der Waals surface area contributed by atoms with E-state index in [1.54, 1.807) is 0 Å². The average molecular weight is 261 g/mol. The Bertz CT molecular complexity index is 330. The largest absolute Gasteiger partial charge is 0.396 e. The Labute approximate surface area is 117 Å². The van der Waals surface area contributed by atoms with Crippen LogP contribution in [0.1, 0.15) is 56.4 Å². The molecule has 2 heteroatoms. The lowest BCUT2D eigenvalue weighted by Gasteiger charge is -2.29. The Morgan fingerprint density at radius 3 is 2.37 bits per heavy atom. The van der Waals surface area contributed by atoms with E-state index >= 15 is 0 Å². The SMILES string of the molecule is OCCCCCNC1CCC(c2ccccc2)CC1. The molecule has 1 aromatic rings. The van der Waals surface area contributed by atoms with Crippen molar-refractivity contribution in [2.45, 2.75) is 56.9 Å². The quantitative estimate of drug-likeness (QED) is 0.737. The van der Waals surface area contributed by atoms with E-state index in [4.69, 9.17) is 5.11 Å². The van der Waals surface area contributed by atoms with Gasteiger partial charge >= 0.3 is 0 Å². The Kier molecular flexibility index (Phi) is 6.38. The van der Waals surface area contributed by atoms with Crippen LogP contribution in [0.25, 0.3) is 0 Å². The topological polar surface area (TPSA) is 32.3 Å². The van der Waals surface area contributed by atoms with Crippen LogP contribution in [-0.4, -0.2) is 24.3 Å². The first-order valence-electron chi connectivity index (χ1n) is 7.79. The monoisotopic (exact) mass is 261 g/mol. The summed E-state index contributed by atoms with van der Waals surface area (Å²) in [6, 6.07) is 11.7. The summed E-state index contributed by atoms with van der Waals surface area (Å²) in [6.45, 7) is 1.45. The second kappa shape index (κ2) is 8.34. The van der Waals surface area contributed by atoms with E-state index in [2.05, 4.69) is 35.6 Å². The van der Waals surface area contributed by atoms with Gasteiger partial charge in [0.05, 0.1) is 0 Å². The van der Waals surface area contributed by atoms with Crippen molar-refractivity contribution in [2.24, 2.45) is 0 Å². The van der Waals surface area contributed by atoms with Crippen molar-refractivity contribution >= 4 is 0 Å². The molecule has 1 aliphatic rings. The van der Waals surface area contributed by atoms with Gasteiger partial charge in [0.15, 0.2) is 0 Å². The molecule has 2 rings (SSSR count). The number of aliphatic hydroxyl groups is 1. The van der Waals surface area contributed by atoms with Gasteiger partial charge in [0, 0.05) is 12.6 Å². The molecule has 19 heavy (non-hydrogen) atoms. The molecular formula is C17H27NO. The van der Waals surface area contributed by atoms with E-state index in [1.807, 2.05) is 0 Å². The van der Waals surface area contributed by atoms with E-state index in [0.29, 0.717) is 12.6 Å². The van der Waals surface area contributed by atoms with Gasteiger partial charge in [0.1, 0.15) is 0 Å². The summed E-state index contributed by atoms with van der Waals surface area (Å²) in [5.41, 5.74) is 1.52. The summed E-state index contributed by atoms with van der Waals surface area (Å²) < 4.78 is 0. The molecular weight excluding hydrogens is 234 g/mol. The highest BCUT2D eigenvalue weighted by atomic mass is 16.2. The third-order valence-corrected chi connectivity index (χ3v) is 4.27. The van der Waals surface area contributed by atoms with Crippen LogP contribution in [0.4, 0.5) is 0 Å². The van der Waals surface area contributed by atoms with Crippen LogP contribution in [0.15, 0.2) is 30.3 Å². The molecule has 0 aromatic heterocycles. The molecule has 106 valence electrons. The minimum atomic E-state index is 0.336. The number of unbranched alkanes of at least 4 members (excludes halogenated alkanes) is 2. The third-order valence-electron chi connectivity index (χ3n) is 4.27. The van der Waals surface area contributed by atoms with Gasteiger partial charge < -0.3 is 10.4 Å². The van der Waals surface area contributed by atoms with Crippen molar-refractivity contribution in [2.75, 3.05) is 13.2 Å². The summed E-state index contributed by atoms with van der Waals surface area (Å²) in [5.74, 6) is 0.772. The van der Waals surface area contributed by atoms with Gasteiger partial charge in [-0.25, -0.2) is 0 Å².